The third kappa shape index (κ3) is 3.61. The quantitative estimate of drug-likeness (QED) is 0.837. The number of nitrogens with two attached hydrogens (primary N) is 1. The van der Waals surface area contributed by atoms with E-state index in [0.29, 0.717) is 11.3 Å². The van der Waals surface area contributed by atoms with Gasteiger partial charge in [-0.1, -0.05) is 18.9 Å². The van der Waals surface area contributed by atoms with E-state index < -0.39 is 11.5 Å². The van der Waals surface area contributed by atoms with E-state index in [0.717, 1.165) is 25.7 Å². The lowest BCUT2D eigenvalue weighted by molar-refractivity contribution is -0.122. The number of amides is 1. The van der Waals surface area contributed by atoms with E-state index in [1.165, 1.54) is 7.11 Å². The molecular formula is C16H22N2O3. The summed E-state index contributed by atoms with van der Waals surface area (Å²) in [4.78, 5) is 23.9. The van der Waals surface area contributed by atoms with Crippen LogP contribution in [-0.2, 0) is 9.53 Å². The molecule has 0 heterocycles. The van der Waals surface area contributed by atoms with Crippen LogP contribution in [0.5, 0.6) is 0 Å². The van der Waals surface area contributed by atoms with Gasteiger partial charge in [-0.05, 0) is 38.0 Å². The number of hydrogen-bond acceptors (Lipinski definition) is 4. The lowest BCUT2D eigenvalue weighted by Gasteiger charge is -2.37. The number of rotatable bonds is 3. The molecule has 2 rings (SSSR count). The minimum absolute atomic E-state index is 0.0817. The van der Waals surface area contributed by atoms with Crippen LogP contribution in [0.25, 0.3) is 0 Å². The van der Waals surface area contributed by atoms with Crippen LogP contribution in [0.2, 0.25) is 0 Å². The van der Waals surface area contributed by atoms with Crippen molar-refractivity contribution >= 4 is 17.6 Å². The Morgan fingerprint density at radius 2 is 2.14 bits per heavy atom. The summed E-state index contributed by atoms with van der Waals surface area (Å²) in [5, 5.41) is 2.86. The Morgan fingerprint density at radius 3 is 2.81 bits per heavy atom. The van der Waals surface area contributed by atoms with Crippen LogP contribution in [0.3, 0.4) is 0 Å². The molecule has 0 aromatic heterocycles. The Kier molecular flexibility index (Phi) is 4.63. The molecule has 1 saturated carbocycles. The standard InChI is InChI=1S/C16H22N2O3/c1-16(17)9-4-3-8-13(16)14(19)18-12-7-5-6-11(10-12)15(20)21-2/h5-7,10,13H,3-4,8-9,17H2,1-2H3,(H,18,19). The summed E-state index contributed by atoms with van der Waals surface area (Å²) >= 11 is 0. The Hall–Kier alpha value is -1.88. The van der Waals surface area contributed by atoms with Crippen LogP contribution in [0.1, 0.15) is 43.0 Å². The third-order valence-corrected chi connectivity index (χ3v) is 4.12. The average Bonchev–Trinajstić information content (AvgIpc) is 2.46. The van der Waals surface area contributed by atoms with E-state index in [1.54, 1.807) is 24.3 Å². The van der Waals surface area contributed by atoms with E-state index in [-0.39, 0.29) is 11.8 Å². The van der Waals surface area contributed by atoms with E-state index in [1.807, 2.05) is 6.92 Å². The first-order valence-electron chi connectivity index (χ1n) is 7.22. The fourth-order valence-electron chi connectivity index (χ4n) is 2.86. The average molecular weight is 290 g/mol. The highest BCUT2D eigenvalue weighted by atomic mass is 16.5. The summed E-state index contributed by atoms with van der Waals surface area (Å²) in [6, 6.07) is 6.72. The zero-order valence-corrected chi connectivity index (χ0v) is 12.5. The second kappa shape index (κ2) is 6.26. The molecule has 1 aromatic rings. The Labute approximate surface area is 124 Å². The summed E-state index contributed by atoms with van der Waals surface area (Å²) < 4.78 is 4.67. The molecule has 1 fully saturated rings. The molecule has 1 amide bonds. The molecule has 2 unspecified atom stereocenters. The number of carbonyl (C=O) groups is 2. The minimum atomic E-state index is -0.470. The van der Waals surface area contributed by atoms with E-state index in [9.17, 15) is 9.59 Å². The molecule has 5 heteroatoms. The molecule has 21 heavy (non-hydrogen) atoms. The van der Waals surface area contributed by atoms with Crippen LogP contribution in [0, 0.1) is 5.92 Å². The number of carbonyl (C=O) groups excluding carboxylic acids is 2. The third-order valence-electron chi connectivity index (χ3n) is 4.12. The van der Waals surface area contributed by atoms with E-state index >= 15 is 0 Å². The fourth-order valence-corrected chi connectivity index (χ4v) is 2.86. The number of ether oxygens (including phenoxy) is 1. The smallest absolute Gasteiger partial charge is 0.337 e. The number of nitrogens with one attached hydrogen (secondary N) is 1. The maximum absolute atomic E-state index is 12.4. The van der Waals surface area contributed by atoms with Gasteiger partial charge in [0.1, 0.15) is 0 Å². The van der Waals surface area contributed by atoms with Gasteiger partial charge in [-0.15, -0.1) is 0 Å². The van der Waals surface area contributed by atoms with Gasteiger partial charge in [0.15, 0.2) is 0 Å². The molecule has 0 aliphatic heterocycles. The van der Waals surface area contributed by atoms with Gasteiger partial charge in [0.25, 0.3) is 0 Å². The molecule has 2 atom stereocenters. The van der Waals surface area contributed by atoms with Crippen molar-refractivity contribution in [3.8, 4) is 0 Å². The van der Waals surface area contributed by atoms with Crippen LogP contribution in [0.15, 0.2) is 24.3 Å². The summed E-state index contributed by atoms with van der Waals surface area (Å²) in [6.45, 7) is 1.93. The second-order valence-corrected chi connectivity index (χ2v) is 5.87. The highest BCUT2D eigenvalue weighted by Gasteiger charge is 2.37. The van der Waals surface area contributed by atoms with Gasteiger partial charge in [-0.25, -0.2) is 4.79 Å². The summed E-state index contributed by atoms with van der Waals surface area (Å²) in [5.41, 5.74) is 6.77. The molecule has 1 aromatic carbocycles. The Morgan fingerprint density at radius 1 is 1.38 bits per heavy atom. The molecule has 0 saturated heterocycles. The van der Waals surface area contributed by atoms with Crippen molar-refractivity contribution in [2.24, 2.45) is 11.7 Å². The van der Waals surface area contributed by atoms with Crippen molar-refractivity contribution in [1.82, 2.24) is 0 Å². The number of anilines is 1. The maximum atomic E-state index is 12.4. The zero-order valence-electron chi connectivity index (χ0n) is 12.5. The van der Waals surface area contributed by atoms with Gasteiger partial charge in [0.05, 0.1) is 18.6 Å². The van der Waals surface area contributed by atoms with Crippen LogP contribution < -0.4 is 11.1 Å². The van der Waals surface area contributed by atoms with Gasteiger partial charge in [0.2, 0.25) is 5.91 Å². The zero-order chi connectivity index (χ0) is 15.5. The SMILES string of the molecule is COC(=O)c1cccc(NC(=O)C2CCCCC2(C)N)c1. The summed E-state index contributed by atoms with van der Waals surface area (Å²) in [6.07, 6.45) is 3.74. The Bertz CT molecular complexity index is 540. The molecular weight excluding hydrogens is 268 g/mol. The van der Waals surface area contributed by atoms with Crippen molar-refractivity contribution in [2.75, 3.05) is 12.4 Å². The first-order chi connectivity index (χ1) is 9.94. The molecule has 114 valence electrons. The minimum Gasteiger partial charge on any atom is -0.465 e. The van der Waals surface area contributed by atoms with E-state index in [2.05, 4.69) is 10.1 Å². The molecule has 1 aliphatic carbocycles. The fraction of sp³-hybridized carbons (Fsp3) is 0.500. The van der Waals surface area contributed by atoms with Gasteiger partial charge in [0, 0.05) is 11.2 Å². The number of esters is 1. The van der Waals surface area contributed by atoms with Crippen molar-refractivity contribution in [3.05, 3.63) is 29.8 Å². The number of benzene rings is 1. The highest BCUT2D eigenvalue weighted by molar-refractivity contribution is 5.96. The largest absolute Gasteiger partial charge is 0.465 e. The van der Waals surface area contributed by atoms with Crippen molar-refractivity contribution in [3.63, 3.8) is 0 Å². The van der Waals surface area contributed by atoms with Gasteiger partial charge < -0.3 is 15.8 Å². The Balaban J connectivity index is 2.10. The monoisotopic (exact) mass is 290 g/mol. The second-order valence-electron chi connectivity index (χ2n) is 5.87. The van der Waals surface area contributed by atoms with Gasteiger partial charge in [-0.3, -0.25) is 4.79 Å². The molecule has 0 bridgehead atoms. The van der Waals surface area contributed by atoms with Crippen molar-refractivity contribution in [2.45, 2.75) is 38.1 Å². The predicted octanol–water partition coefficient (Wildman–Crippen LogP) is 2.32. The lowest BCUT2D eigenvalue weighted by Crippen LogP contribution is -2.51. The van der Waals surface area contributed by atoms with Crippen LogP contribution in [-0.4, -0.2) is 24.5 Å². The molecule has 3 N–H and O–H groups in total. The lowest BCUT2D eigenvalue weighted by atomic mass is 9.74. The van der Waals surface area contributed by atoms with Gasteiger partial charge in [-0.2, -0.15) is 0 Å². The summed E-state index contributed by atoms with van der Waals surface area (Å²) in [5.74, 6) is -0.706. The highest BCUT2D eigenvalue weighted by Crippen LogP contribution is 2.32. The normalized spacial score (nSPS) is 25.2. The van der Waals surface area contributed by atoms with Crippen LogP contribution >= 0.6 is 0 Å². The van der Waals surface area contributed by atoms with Crippen LogP contribution in [0.4, 0.5) is 5.69 Å². The van der Waals surface area contributed by atoms with E-state index in [4.69, 9.17) is 5.73 Å². The van der Waals surface area contributed by atoms with Gasteiger partial charge >= 0.3 is 5.97 Å². The number of hydrogen-bond donors (Lipinski definition) is 2. The first kappa shape index (κ1) is 15.5. The topological polar surface area (TPSA) is 81.4 Å². The first-order valence-corrected chi connectivity index (χ1v) is 7.22. The number of methoxy groups -OCH3 is 1. The maximum Gasteiger partial charge on any atom is 0.337 e. The molecule has 1 aliphatic rings. The molecule has 5 nitrogen and oxygen atoms in total. The predicted molar refractivity (Wildman–Crippen MR) is 81.0 cm³/mol. The van der Waals surface area contributed by atoms with Crippen molar-refractivity contribution < 1.29 is 14.3 Å². The summed E-state index contributed by atoms with van der Waals surface area (Å²) in [7, 11) is 1.33. The van der Waals surface area contributed by atoms with Crippen molar-refractivity contribution in [1.29, 1.82) is 0 Å². The molecule has 0 spiro atoms. The molecule has 0 radical (unpaired) electrons.